The minimum Gasteiger partial charge on any atom is -0.497 e. The molecule has 3 aromatic rings. The van der Waals surface area contributed by atoms with E-state index >= 15 is 0 Å². The van der Waals surface area contributed by atoms with Gasteiger partial charge in [0.05, 0.1) is 31.4 Å². The van der Waals surface area contributed by atoms with Crippen molar-refractivity contribution in [1.29, 1.82) is 0 Å². The molecule has 0 unspecified atom stereocenters. The maximum Gasteiger partial charge on any atom is 0.330 e. The lowest BCUT2D eigenvalue weighted by molar-refractivity contribution is -0.164. The number of carbonyl (C=O) groups is 4. The summed E-state index contributed by atoms with van der Waals surface area (Å²) in [4.78, 5) is 57.0. The van der Waals surface area contributed by atoms with E-state index in [4.69, 9.17) is 4.74 Å². The molecule has 38 heavy (non-hydrogen) atoms. The second-order valence-corrected chi connectivity index (χ2v) is 9.77. The Labute approximate surface area is 220 Å². The summed E-state index contributed by atoms with van der Waals surface area (Å²) in [5.41, 5.74) is -0.0528. The standard InChI is InChI=1S/C30H28N2O6/c1-31-27(34)24-25(28(31)35)30(29(36)37,18-20-11-7-4-8-12-20)32(23(33)17-19-9-5-3-6-10-19)26(24)21-13-15-22(38-2)16-14-21/h3-16,24-26H,17-18H2,1-2H3,(H,36,37)/t24-,25-,26-,30-/m0/s1. The molecular formula is C30H28N2O6. The van der Waals surface area contributed by atoms with Gasteiger partial charge in [0.2, 0.25) is 17.7 Å². The Morgan fingerprint density at radius 3 is 2.00 bits per heavy atom. The first-order valence-electron chi connectivity index (χ1n) is 12.4. The maximum absolute atomic E-state index is 14.2. The number of nitrogens with zero attached hydrogens (tertiary/aromatic N) is 2. The van der Waals surface area contributed by atoms with E-state index in [1.54, 1.807) is 72.8 Å². The largest absolute Gasteiger partial charge is 0.497 e. The number of likely N-dealkylation sites (tertiary alicyclic amines) is 2. The lowest BCUT2D eigenvalue weighted by Gasteiger charge is -2.41. The van der Waals surface area contributed by atoms with E-state index < -0.39 is 47.1 Å². The molecule has 3 aromatic carbocycles. The van der Waals surface area contributed by atoms with Gasteiger partial charge in [0.25, 0.3) is 0 Å². The molecule has 0 aromatic heterocycles. The van der Waals surface area contributed by atoms with Crippen LogP contribution in [0.4, 0.5) is 0 Å². The fourth-order valence-corrected chi connectivity index (χ4v) is 6.02. The molecule has 5 rings (SSSR count). The van der Waals surface area contributed by atoms with Gasteiger partial charge >= 0.3 is 5.97 Å². The highest BCUT2D eigenvalue weighted by molar-refractivity contribution is 6.10. The molecule has 3 amide bonds. The van der Waals surface area contributed by atoms with Gasteiger partial charge in [-0.3, -0.25) is 19.3 Å². The zero-order valence-corrected chi connectivity index (χ0v) is 21.1. The molecule has 0 radical (unpaired) electrons. The van der Waals surface area contributed by atoms with Gasteiger partial charge in [0.1, 0.15) is 5.75 Å². The van der Waals surface area contributed by atoms with Crippen LogP contribution in [0.2, 0.25) is 0 Å². The van der Waals surface area contributed by atoms with Gasteiger partial charge in [0, 0.05) is 13.5 Å². The first kappa shape index (κ1) is 25.2. The molecule has 0 bridgehead atoms. The molecule has 0 aliphatic carbocycles. The van der Waals surface area contributed by atoms with Crippen LogP contribution in [0.25, 0.3) is 0 Å². The fourth-order valence-electron chi connectivity index (χ4n) is 6.02. The number of carboxylic acids is 1. The second kappa shape index (κ2) is 9.78. The summed E-state index contributed by atoms with van der Waals surface area (Å²) in [6, 6.07) is 23.8. The number of benzene rings is 3. The van der Waals surface area contributed by atoms with Crippen LogP contribution in [-0.2, 0) is 32.0 Å². The Morgan fingerprint density at radius 2 is 1.45 bits per heavy atom. The molecule has 2 aliphatic heterocycles. The van der Waals surface area contributed by atoms with Gasteiger partial charge in [-0.1, -0.05) is 72.8 Å². The van der Waals surface area contributed by atoms with E-state index in [2.05, 4.69) is 0 Å². The molecule has 0 saturated carbocycles. The number of imide groups is 1. The summed E-state index contributed by atoms with van der Waals surface area (Å²) in [5.74, 6) is -4.57. The molecule has 2 aliphatic rings. The first-order chi connectivity index (χ1) is 18.3. The van der Waals surface area contributed by atoms with Crippen molar-refractivity contribution in [2.45, 2.75) is 24.4 Å². The molecule has 194 valence electrons. The van der Waals surface area contributed by atoms with Crippen LogP contribution in [0.1, 0.15) is 22.7 Å². The molecular weight excluding hydrogens is 484 g/mol. The predicted molar refractivity (Wildman–Crippen MR) is 138 cm³/mol. The van der Waals surface area contributed by atoms with Gasteiger partial charge in [0.15, 0.2) is 5.54 Å². The highest BCUT2D eigenvalue weighted by Crippen LogP contribution is 2.56. The number of fused-ring (bicyclic) bond motifs is 1. The SMILES string of the molecule is COc1ccc([C@H]2[C@H]3C(=O)N(C)C(=O)[C@H]3[C@@](Cc3ccccc3)(C(=O)O)N2C(=O)Cc2ccccc2)cc1. The molecule has 0 spiro atoms. The zero-order valence-electron chi connectivity index (χ0n) is 21.1. The third-order valence-electron chi connectivity index (χ3n) is 7.75. The molecule has 2 heterocycles. The molecule has 2 fully saturated rings. The third-order valence-corrected chi connectivity index (χ3v) is 7.75. The number of carbonyl (C=O) groups excluding carboxylic acids is 3. The Hall–Kier alpha value is -4.46. The van der Waals surface area contributed by atoms with Crippen molar-refractivity contribution >= 4 is 23.7 Å². The van der Waals surface area contributed by atoms with Gasteiger partial charge in [-0.25, -0.2) is 4.79 Å². The summed E-state index contributed by atoms with van der Waals surface area (Å²) in [6.07, 6.45) is -0.195. The van der Waals surface area contributed by atoms with Crippen LogP contribution < -0.4 is 4.74 Å². The maximum atomic E-state index is 14.2. The lowest BCUT2D eigenvalue weighted by Crippen LogP contribution is -2.61. The summed E-state index contributed by atoms with van der Waals surface area (Å²) in [6.45, 7) is 0. The van der Waals surface area contributed by atoms with E-state index in [9.17, 15) is 24.3 Å². The van der Waals surface area contributed by atoms with E-state index in [-0.39, 0.29) is 12.8 Å². The van der Waals surface area contributed by atoms with Crippen LogP contribution in [0.3, 0.4) is 0 Å². The Morgan fingerprint density at radius 1 is 0.868 bits per heavy atom. The number of rotatable bonds is 7. The quantitative estimate of drug-likeness (QED) is 0.488. The van der Waals surface area contributed by atoms with Crippen molar-refractivity contribution in [3.05, 3.63) is 102 Å². The first-order valence-corrected chi connectivity index (χ1v) is 12.4. The van der Waals surface area contributed by atoms with Crippen molar-refractivity contribution in [1.82, 2.24) is 9.80 Å². The van der Waals surface area contributed by atoms with E-state index in [1.807, 2.05) is 12.1 Å². The second-order valence-electron chi connectivity index (χ2n) is 9.77. The van der Waals surface area contributed by atoms with Crippen molar-refractivity contribution in [3.8, 4) is 5.75 Å². The Kier molecular flexibility index (Phi) is 6.48. The number of aliphatic carboxylic acids is 1. The number of carboxylic acid groups (broad SMARTS) is 1. The normalized spacial score (nSPS) is 24.4. The van der Waals surface area contributed by atoms with Crippen LogP contribution in [0.15, 0.2) is 84.9 Å². The van der Waals surface area contributed by atoms with E-state index in [1.165, 1.54) is 19.1 Å². The van der Waals surface area contributed by atoms with Crippen molar-refractivity contribution < 1.29 is 29.0 Å². The highest BCUT2D eigenvalue weighted by atomic mass is 16.5. The molecule has 8 nitrogen and oxygen atoms in total. The Bertz CT molecular complexity index is 1370. The topological polar surface area (TPSA) is 104 Å². The molecule has 8 heteroatoms. The zero-order chi connectivity index (χ0) is 27.0. The van der Waals surface area contributed by atoms with E-state index in [0.29, 0.717) is 22.4 Å². The minimum absolute atomic E-state index is 0.0744. The summed E-state index contributed by atoms with van der Waals surface area (Å²) in [5, 5.41) is 10.9. The molecule has 1 N–H and O–H groups in total. The smallest absolute Gasteiger partial charge is 0.330 e. The number of hydrogen-bond donors (Lipinski definition) is 1. The monoisotopic (exact) mass is 512 g/mol. The summed E-state index contributed by atoms with van der Waals surface area (Å²) in [7, 11) is 2.90. The predicted octanol–water partition coefficient (Wildman–Crippen LogP) is 3.12. The lowest BCUT2D eigenvalue weighted by atomic mass is 9.75. The molecule has 2 saturated heterocycles. The number of amides is 3. The average molecular weight is 513 g/mol. The van der Waals surface area contributed by atoms with Gasteiger partial charge in [-0.2, -0.15) is 0 Å². The van der Waals surface area contributed by atoms with Crippen LogP contribution in [0, 0.1) is 11.8 Å². The number of methoxy groups -OCH3 is 1. The fraction of sp³-hybridized carbons (Fsp3) is 0.267. The summed E-state index contributed by atoms with van der Waals surface area (Å²) >= 11 is 0. The van der Waals surface area contributed by atoms with Crippen molar-refractivity contribution in [2.75, 3.05) is 14.2 Å². The third kappa shape index (κ3) is 3.93. The number of ether oxygens (including phenoxy) is 1. The van der Waals surface area contributed by atoms with Gasteiger partial charge in [-0.15, -0.1) is 0 Å². The van der Waals surface area contributed by atoms with Gasteiger partial charge in [-0.05, 0) is 28.8 Å². The summed E-state index contributed by atoms with van der Waals surface area (Å²) < 4.78 is 5.28. The van der Waals surface area contributed by atoms with Crippen LogP contribution in [0.5, 0.6) is 5.75 Å². The van der Waals surface area contributed by atoms with E-state index in [0.717, 1.165) is 4.90 Å². The van der Waals surface area contributed by atoms with Gasteiger partial charge < -0.3 is 14.7 Å². The van der Waals surface area contributed by atoms with Crippen LogP contribution in [-0.4, -0.2) is 58.3 Å². The van der Waals surface area contributed by atoms with Crippen molar-refractivity contribution in [2.24, 2.45) is 11.8 Å². The minimum atomic E-state index is -1.97. The van der Waals surface area contributed by atoms with Crippen molar-refractivity contribution in [3.63, 3.8) is 0 Å². The Balaban J connectivity index is 1.74. The number of hydrogen-bond acceptors (Lipinski definition) is 5. The van der Waals surface area contributed by atoms with Crippen LogP contribution >= 0.6 is 0 Å². The average Bonchev–Trinajstić information content (AvgIpc) is 3.36. The highest BCUT2D eigenvalue weighted by Gasteiger charge is 2.72. The molecule has 4 atom stereocenters.